The highest BCUT2D eigenvalue weighted by molar-refractivity contribution is 7.80. The van der Waals surface area contributed by atoms with Gasteiger partial charge in [0.15, 0.2) is 0 Å². The molecule has 0 atom stereocenters. The van der Waals surface area contributed by atoms with Gasteiger partial charge in [-0.05, 0) is 11.6 Å². The summed E-state index contributed by atoms with van der Waals surface area (Å²) in [5, 5.41) is 11.2. The van der Waals surface area contributed by atoms with Crippen LogP contribution in [0.25, 0.3) is 0 Å². The lowest BCUT2D eigenvalue weighted by Crippen LogP contribution is -2.11. The van der Waals surface area contributed by atoms with Gasteiger partial charge in [-0.25, -0.2) is 4.98 Å². The molecule has 6 nitrogen and oxygen atoms in total. The molecule has 126 valence electrons. The molecule has 7 heteroatoms. The predicted molar refractivity (Wildman–Crippen MR) is 99.6 cm³/mol. The first kappa shape index (κ1) is 16.8. The average Bonchev–Trinajstić information content (AvgIpc) is 3.02. The zero-order chi connectivity index (χ0) is 17.8. The minimum atomic E-state index is -0.367. The van der Waals surface area contributed by atoms with Crippen LogP contribution in [0.15, 0.2) is 60.9 Å². The van der Waals surface area contributed by atoms with Gasteiger partial charge in [0.2, 0.25) is 0 Å². The van der Waals surface area contributed by atoms with Gasteiger partial charge in [0.05, 0.1) is 4.92 Å². The number of hydrogen-bond donors (Lipinski definition) is 1. The number of nitro benzene ring substituents is 1. The molecule has 0 aliphatic heterocycles. The van der Waals surface area contributed by atoms with E-state index in [0.29, 0.717) is 23.5 Å². The standard InChI is InChI=1S/C18H16N4O2S/c19-18(25)15-6-3-4-13(10-15)12-21-9-8-20-17(21)11-14-5-1-2-7-16(14)22(23)24/h1-10H,11-12H2,(H2,19,25). The van der Waals surface area contributed by atoms with Gasteiger partial charge in [-0.2, -0.15) is 0 Å². The summed E-state index contributed by atoms with van der Waals surface area (Å²) in [7, 11) is 0. The molecular formula is C18H16N4O2S. The Morgan fingerprint density at radius 1 is 1.24 bits per heavy atom. The first-order valence-electron chi connectivity index (χ1n) is 7.65. The lowest BCUT2D eigenvalue weighted by atomic mass is 10.1. The SMILES string of the molecule is NC(=S)c1cccc(Cn2ccnc2Cc2ccccc2[N+](=O)[O-])c1. The van der Waals surface area contributed by atoms with E-state index in [0.717, 1.165) is 17.0 Å². The van der Waals surface area contributed by atoms with Crippen molar-refractivity contribution in [1.82, 2.24) is 9.55 Å². The van der Waals surface area contributed by atoms with Gasteiger partial charge in [-0.1, -0.05) is 48.6 Å². The largest absolute Gasteiger partial charge is 0.389 e. The molecule has 1 aromatic heterocycles. The van der Waals surface area contributed by atoms with Crippen LogP contribution < -0.4 is 5.73 Å². The van der Waals surface area contributed by atoms with Crippen LogP contribution in [-0.2, 0) is 13.0 Å². The number of aromatic nitrogens is 2. The van der Waals surface area contributed by atoms with Crippen molar-refractivity contribution in [3.63, 3.8) is 0 Å². The van der Waals surface area contributed by atoms with Crippen LogP contribution in [0.5, 0.6) is 0 Å². The normalized spacial score (nSPS) is 10.6. The zero-order valence-corrected chi connectivity index (χ0v) is 14.1. The van der Waals surface area contributed by atoms with Gasteiger partial charge in [0.25, 0.3) is 5.69 Å². The molecule has 0 saturated carbocycles. The van der Waals surface area contributed by atoms with E-state index in [1.165, 1.54) is 6.07 Å². The van der Waals surface area contributed by atoms with Gasteiger partial charge in [0, 0.05) is 42.6 Å². The number of hydrogen-bond acceptors (Lipinski definition) is 4. The van der Waals surface area contributed by atoms with Crippen LogP contribution in [0.2, 0.25) is 0 Å². The van der Waals surface area contributed by atoms with Crippen LogP contribution in [0.3, 0.4) is 0 Å². The second kappa shape index (κ2) is 7.23. The van der Waals surface area contributed by atoms with E-state index in [-0.39, 0.29) is 10.6 Å². The fourth-order valence-electron chi connectivity index (χ4n) is 2.68. The molecule has 3 aromatic rings. The summed E-state index contributed by atoms with van der Waals surface area (Å²) in [6.07, 6.45) is 3.94. The van der Waals surface area contributed by atoms with E-state index in [9.17, 15) is 10.1 Å². The van der Waals surface area contributed by atoms with Crippen molar-refractivity contribution in [2.75, 3.05) is 0 Å². The van der Waals surface area contributed by atoms with Crippen LogP contribution in [0.1, 0.15) is 22.5 Å². The molecule has 2 N–H and O–H groups in total. The smallest absolute Gasteiger partial charge is 0.273 e. The van der Waals surface area contributed by atoms with Crippen LogP contribution in [0, 0.1) is 10.1 Å². The lowest BCUT2D eigenvalue weighted by molar-refractivity contribution is -0.385. The monoisotopic (exact) mass is 352 g/mol. The highest BCUT2D eigenvalue weighted by Gasteiger charge is 2.15. The molecule has 0 spiro atoms. The fraction of sp³-hybridized carbons (Fsp3) is 0.111. The van der Waals surface area contributed by atoms with E-state index >= 15 is 0 Å². The molecule has 2 aromatic carbocycles. The Bertz CT molecular complexity index is 936. The highest BCUT2D eigenvalue weighted by Crippen LogP contribution is 2.21. The van der Waals surface area contributed by atoms with Crippen molar-refractivity contribution >= 4 is 22.9 Å². The Hall–Kier alpha value is -3.06. The highest BCUT2D eigenvalue weighted by atomic mass is 32.1. The molecule has 0 aliphatic rings. The topological polar surface area (TPSA) is 87.0 Å². The van der Waals surface area contributed by atoms with E-state index in [4.69, 9.17) is 18.0 Å². The molecule has 0 bridgehead atoms. The van der Waals surface area contributed by atoms with Crippen LogP contribution in [-0.4, -0.2) is 19.5 Å². The van der Waals surface area contributed by atoms with Crippen molar-refractivity contribution in [2.45, 2.75) is 13.0 Å². The van der Waals surface area contributed by atoms with E-state index in [1.54, 1.807) is 24.4 Å². The van der Waals surface area contributed by atoms with Crippen LogP contribution in [0.4, 0.5) is 5.69 Å². The Balaban J connectivity index is 1.86. The van der Waals surface area contributed by atoms with Gasteiger partial charge < -0.3 is 10.3 Å². The molecule has 0 fully saturated rings. The van der Waals surface area contributed by atoms with Gasteiger partial charge >= 0.3 is 0 Å². The number of nitrogens with two attached hydrogens (primary N) is 1. The fourth-order valence-corrected chi connectivity index (χ4v) is 2.81. The Morgan fingerprint density at radius 3 is 2.80 bits per heavy atom. The summed E-state index contributed by atoms with van der Waals surface area (Å²) in [5.74, 6) is 0.759. The quantitative estimate of drug-likeness (QED) is 0.418. The van der Waals surface area contributed by atoms with E-state index < -0.39 is 0 Å². The Labute approximate surface area is 150 Å². The maximum atomic E-state index is 11.2. The van der Waals surface area contributed by atoms with Crippen molar-refractivity contribution in [3.8, 4) is 0 Å². The number of para-hydroxylation sites is 1. The number of nitro groups is 1. The van der Waals surface area contributed by atoms with E-state index in [1.807, 2.05) is 35.0 Å². The number of rotatable bonds is 6. The Kier molecular flexibility index (Phi) is 4.85. The zero-order valence-electron chi connectivity index (χ0n) is 13.3. The number of nitrogens with zero attached hydrogens (tertiary/aromatic N) is 3. The number of thiocarbonyl (C=S) groups is 1. The molecule has 0 saturated heterocycles. The van der Waals surface area contributed by atoms with Crippen molar-refractivity contribution < 1.29 is 4.92 Å². The summed E-state index contributed by atoms with van der Waals surface area (Å²) in [6.45, 7) is 0.590. The van der Waals surface area contributed by atoms with Crippen molar-refractivity contribution in [1.29, 1.82) is 0 Å². The molecule has 0 aliphatic carbocycles. The van der Waals surface area contributed by atoms with E-state index in [2.05, 4.69) is 4.98 Å². The maximum Gasteiger partial charge on any atom is 0.273 e. The number of benzene rings is 2. The minimum absolute atomic E-state index is 0.104. The molecular weight excluding hydrogens is 336 g/mol. The van der Waals surface area contributed by atoms with Gasteiger partial charge in [-0.15, -0.1) is 0 Å². The van der Waals surface area contributed by atoms with Crippen LogP contribution >= 0.6 is 12.2 Å². The maximum absolute atomic E-state index is 11.2. The third kappa shape index (κ3) is 3.89. The molecule has 0 amide bonds. The third-order valence-electron chi connectivity index (χ3n) is 3.90. The average molecular weight is 352 g/mol. The summed E-state index contributed by atoms with van der Waals surface area (Å²) in [6, 6.07) is 14.4. The lowest BCUT2D eigenvalue weighted by Gasteiger charge is -2.09. The second-order valence-corrected chi connectivity index (χ2v) is 6.04. The molecule has 3 rings (SSSR count). The summed E-state index contributed by atoms with van der Waals surface area (Å²) in [5.41, 5.74) is 8.27. The molecule has 1 heterocycles. The number of imidazole rings is 1. The van der Waals surface area contributed by atoms with Crippen molar-refractivity contribution in [2.24, 2.45) is 5.73 Å². The van der Waals surface area contributed by atoms with Crippen molar-refractivity contribution in [3.05, 3.63) is 93.6 Å². The first-order chi connectivity index (χ1) is 12.0. The summed E-state index contributed by atoms with van der Waals surface area (Å²) >= 11 is 5.02. The summed E-state index contributed by atoms with van der Waals surface area (Å²) in [4.78, 5) is 15.5. The van der Waals surface area contributed by atoms with Gasteiger partial charge in [0.1, 0.15) is 10.8 Å². The summed E-state index contributed by atoms with van der Waals surface area (Å²) < 4.78 is 1.97. The molecule has 0 radical (unpaired) electrons. The minimum Gasteiger partial charge on any atom is -0.389 e. The second-order valence-electron chi connectivity index (χ2n) is 5.60. The first-order valence-corrected chi connectivity index (χ1v) is 8.06. The molecule has 0 unspecified atom stereocenters. The van der Waals surface area contributed by atoms with Gasteiger partial charge in [-0.3, -0.25) is 10.1 Å². The Morgan fingerprint density at radius 2 is 2.04 bits per heavy atom. The molecule has 25 heavy (non-hydrogen) atoms. The predicted octanol–water partition coefficient (Wildman–Crippen LogP) is 3.06. The third-order valence-corrected chi connectivity index (χ3v) is 4.14.